The van der Waals surface area contributed by atoms with Crippen molar-refractivity contribution in [3.05, 3.63) is 29.8 Å². The van der Waals surface area contributed by atoms with E-state index in [0.29, 0.717) is 0 Å². The van der Waals surface area contributed by atoms with Crippen LogP contribution in [0.5, 0.6) is 0 Å². The summed E-state index contributed by atoms with van der Waals surface area (Å²) in [4.78, 5) is 0.156. The topological polar surface area (TPSA) is 60.2 Å². The predicted octanol–water partition coefficient (Wildman–Crippen LogP) is 2.92. The molecule has 0 aliphatic carbocycles. The number of hydrogen-bond donors (Lipinski definition) is 1. The van der Waals surface area contributed by atoms with Gasteiger partial charge in [0.2, 0.25) is 10.0 Å². The van der Waals surface area contributed by atoms with E-state index < -0.39 is 29.8 Å². The van der Waals surface area contributed by atoms with Crippen molar-refractivity contribution in [2.24, 2.45) is 5.14 Å². The van der Waals surface area contributed by atoms with Gasteiger partial charge in [-0.05, 0) is 19.1 Å². The third-order valence-electron chi connectivity index (χ3n) is 3.08. The number of benzene rings is 1. The van der Waals surface area contributed by atoms with Crippen LogP contribution in [0.25, 0.3) is 0 Å². The number of hydrogen-bond acceptors (Lipinski definition) is 2. The fraction of sp³-hybridized carbons (Fsp3) is 0.538. The van der Waals surface area contributed by atoms with Gasteiger partial charge in [0.1, 0.15) is 0 Å². The average Bonchev–Trinajstić information content (AvgIpc) is 2.31. The van der Waals surface area contributed by atoms with Gasteiger partial charge in [-0.15, -0.1) is 0 Å². The number of sulfonamides is 1. The van der Waals surface area contributed by atoms with Gasteiger partial charge in [0.05, 0.1) is 4.90 Å². The molecule has 0 aliphatic heterocycles. The van der Waals surface area contributed by atoms with Gasteiger partial charge in [-0.2, -0.15) is 0 Å². The smallest absolute Gasteiger partial charge is 0.225 e. The summed E-state index contributed by atoms with van der Waals surface area (Å²) in [5.74, 6) is 0. The molecule has 0 bridgehead atoms. The first-order valence-electron chi connectivity index (χ1n) is 6.44. The summed E-state index contributed by atoms with van der Waals surface area (Å²) in [6.07, 6.45) is 0. The van der Waals surface area contributed by atoms with Gasteiger partial charge < -0.3 is 0 Å². The monoisotopic (exact) mass is 379 g/mol. The van der Waals surface area contributed by atoms with Crippen LogP contribution in [0.1, 0.15) is 26.3 Å². The van der Waals surface area contributed by atoms with E-state index >= 15 is 0 Å². The molecule has 0 unspecified atom stereocenters. The van der Waals surface area contributed by atoms with Crippen molar-refractivity contribution in [3.8, 4) is 0 Å². The molecule has 2 N–H and O–H groups in total. The van der Waals surface area contributed by atoms with Gasteiger partial charge in [0.25, 0.3) is 0 Å². The molecule has 0 spiro atoms. The standard InChI is InChI=1S/C7H9NO2S.3C2H5.Sn.H/c1-6-2-4-7(5-3-6)11(8,9)10;3*1-2;;/h2-5H,1H3,(H2,8,9,10);3*1H2,2H3;;. The minimum absolute atomic E-state index is 0.156. The Morgan fingerprint density at radius 2 is 1.39 bits per heavy atom. The molecule has 0 fully saturated rings. The molecule has 0 heterocycles. The van der Waals surface area contributed by atoms with E-state index in [1.54, 1.807) is 25.4 Å². The molecular weight excluding hydrogens is 353 g/mol. The van der Waals surface area contributed by atoms with Crippen LogP contribution in [0.4, 0.5) is 0 Å². The summed E-state index contributed by atoms with van der Waals surface area (Å²) < 4.78 is 26.1. The molecule has 1 aromatic rings. The van der Waals surface area contributed by atoms with Gasteiger partial charge in [0.15, 0.2) is 0 Å². The molecule has 0 saturated heterocycles. The van der Waals surface area contributed by atoms with Gasteiger partial charge in [-0.25, -0.2) is 13.6 Å². The van der Waals surface area contributed by atoms with Crippen molar-refractivity contribution < 1.29 is 8.42 Å². The van der Waals surface area contributed by atoms with E-state index in [9.17, 15) is 8.42 Å². The second kappa shape index (κ2) is 8.93. The molecule has 0 radical (unpaired) electrons. The third kappa shape index (κ3) is 7.38. The first-order valence-corrected chi connectivity index (χ1v) is 15.0. The van der Waals surface area contributed by atoms with Crippen LogP contribution in [0.2, 0.25) is 13.3 Å². The van der Waals surface area contributed by atoms with Crippen LogP contribution < -0.4 is 5.14 Å². The van der Waals surface area contributed by atoms with Crippen LogP contribution in [-0.4, -0.2) is 28.2 Å². The molecule has 104 valence electrons. The number of rotatable bonds is 4. The molecule has 0 saturated carbocycles. The van der Waals surface area contributed by atoms with E-state index in [0.717, 1.165) is 5.56 Å². The van der Waals surface area contributed by atoms with Crippen molar-refractivity contribution in [2.75, 3.05) is 0 Å². The molecule has 18 heavy (non-hydrogen) atoms. The van der Waals surface area contributed by atoms with Crippen molar-refractivity contribution in [1.82, 2.24) is 0 Å². The summed E-state index contributed by atoms with van der Waals surface area (Å²) in [6, 6.07) is 6.40. The maximum atomic E-state index is 10.7. The fourth-order valence-corrected chi connectivity index (χ4v) is 7.05. The summed E-state index contributed by atoms with van der Waals surface area (Å²) in [7, 11) is -3.52. The molecule has 5 heteroatoms. The molecule has 0 amide bonds. The van der Waals surface area contributed by atoms with E-state index in [1.807, 2.05) is 6.92 Å². The Bertz CT molecular complexity index is 419. The minimum Gasteiger partial charge on any atom is -0.225 e. The van der Waals surface area contributed by atoms with Gasteiger partial charge in [-0.1, -0.05) is 17.7 Å². The zero-order valence-corrected chi connectivity index (χ0v) is 15.9. The quantitative estimate of drug-likeness (QED) is 0.820. The van der Waals surface area contributed by atoms with Crippen LogP contribution >= 0.6 is 0 Å². The van der Waals surface area contributed by atoms with Crippen LogP contribution in [0.3, 0.4) is 0 Å². The third-order valence-corrected chi connectivity index (χ3v) is 13.9. The number of primary sulfonamides is 1. The number of nitrogens with two attached hydrogens (primary N) is 1. The van der Waals surface area contributed by atoms with Gasteiger partial charge in [-0.3, -0.25) is 0 Å². The average molecular weight is 378 g/mol. The molecule has 0 aromatic heterocycles. The number of aryl methyl sites for hydroxylation is 1. The maximum Gasteiger partial charge on any atom is 0.238 e. The first-order chi connectivity index (χ1) is 8.35. The largest absolute Gasteiger partial charge is 0.238 e. The second-order valence-electron chi connectivity index (χ2n) is 4.45. The SMILES string of the molecule is C[CH2][SnH]([CH2]C)[CH2]C.Cc1ccc(S(N)(=O)=O)cc1. The van der Waals surface area contributed by atoms with Crippen molar-refractivity contribution in [2.45, 2.75) is 45.9 Å². The Labute approximate surface area is 119 Å². The normalized spacial score (nSPS) is 11.0. The maximum absolute atomic E-state index is 10.7. The van der Waals surface area contributed by atoms with Crippen LogP contribution in [0, 0.1) is 6.92 Å². The predicted molar refractivity (Wildman–Crippen MR) is 81.1 cm³/mol. The zero-order valence-electron chi connectivity index (χ0n) is 11.8. The van der Waals surface area contributed by atoms with Crippen LogP contribution in [0.15, 0.2) is 29.2 Å². The summed E-state index contributed by atoms with van der Waals surface area (Å²) >= 11 is -0.764. The Kier molecular flexibility index (Phi) is 8.90. The molecule has 1 rings (SSSR count). The van der Waals surface area contributed by atoms with E-state index in [1.165, 1.54) is 12.1 Å². The Hall–Kier alpha value is -0.0713. The van der Waals surface area contributed by atoms with Crippen LogP contribution in [-0.2, 0) is 10.0 Å². The summed E-state index contributed by atoms with van der Waals surface area (Å²) in [5, 5.41) is 4.88. The Morgan fingerprint density at radius 1 is 1.00 bits per heavy atom. The second-order valence-corrected chi connectivity index (χ2v) is 17.9. The van der Waals surface area contributed by atoms with E-state index in [4.69, 9.17) is 5.14 Å². The van der Waals surface area contributed by atoms with Crippen molar-refractivity contribution >= 4 is 29.8 Å². The Morgan fingerprint density at radius 3 is 1.61 bits per heavy atom. The summed E-state index contributed by atoms with van der Waals surface area (Å²) in [5.41, 5.74) is 1.01. The fourth-order valence-electron chi connectivity index (χ4n) is 1.59. The zero-order chi connectivity index (χ0) is 14.2. The summed E-state index contributed by atoms with van der Waals surface area (Å²) in [6.45, 7) is 8.95. The molecule has 3 nitrogen and oxygen atoms in total. The van der Waals surface area contributed by atoms with Gasteiger partial charge in [0, 0.05) is 0 Å². The molecule has 0 atom stereocenters. The minimum atomic E-state index is -3.52. The van der Waals surface area contributed by atoms with E-state index in [2.05, 4.69) is 20.8 Å². The van der Waals surface area contributed by atoms with Crippen molar-refractivity contribution in [3.63, 3.8) is 0 Å². The molecule has 1 aromatic carbocycles. The Balaban J connectivity index is 0.000000360. The first kappa shape index (κ1) is 17.9. The molecule has 0 aliphatic rings. The van der Waals surface area contributed by atoms with Gasteiger partial charge >= 0.3 is 53.8 Å². The van der Waals surface area contributed by atoms with Crippen molar-refractivity contribution in [1.29, 1.82) is 0 Å². The molecular formula is C13H25NO2SSn. The van der Waals surface area contributed by atoms with E-state index in [-0.39, 0.29) is 4.90 Å².